The van der Waals surface area contributed by atoms with Crippen LogP contribution in [0.15, 0.2) is 60.7 Å². The van der Waals surface area contributed by atoms with Gasteiger partial charge in [0, 0.05) is 0 Å². The summed E-state index contributed by atoms with van der Waals surface area (Å²) >= 11 is 0. The lowest BCUT2D eigenvalue weighted by Crippen LogP contribution is -1.78. The predicted molar refractivity (Wildman–Crippen MR) is 99.0 cm³/mol. The van der Waals surface area contributed by atoms with Gasteiger partial charge in [0.15, 0.2) is 0 Å². The fraction of sp³-hybridized carbons (Fsp3) is 0.429. The third-order valence-corrected chi connectivity index (χ3v) is 2.63. The van der Waals surface area contributed by atoms with Gasteiger partial charge < -0.3 is 0 Å². The highest BCUT2D eigenvalue weighted by Crippen LogP contribution is 2.00. The van der Waals surface area contributed by atoms with Crippen molar-refractivity contribution in [2.75, 3.05) is 0 Å². The van der Waals surface area contributed by atoms with E-state index in [1.165, 1.54) is 24.0 Å². The largest absolute Gasteiger partial charge is 0.0683 e. The Morgan fingerprint density at radius 2 is 0.952 bits per heavy atom. The molecular weight excluding hydrogens is 252 g/mol. The molecule has 0 unspecified atom stereocenters. The van der Waals surface area contributed by atoms with Crippen LogP contribution in [-0.4, -0.2) is 0 Å². The highest BCUT2D eigenvalue weighted by molar-refractivity contribution is 5.14. The minimum Gasteiger partial charge on any atom is -0.0683 e. The number of rotatable bonds is 3. The molecular formula is C21H34. The third-order valence-electron chi connectivity index (χ3n) is 2.63. The van der Waals surface area contributed by atoms with Crippen molar-refractivity contribution in [2.45, 2.75) is 60.8 Å². The first kappa shape index (κ1) is 21.7. The second kappa shape index (κ2) is 18.4. The molecule has 0 spiro atoms. The van der Waals surface area contributed by atoms with Crippen molar-refractivity contribution in [1.82, 2.24) is 0 Å². The topological polar surface area (TPSA) is 0 Å². The van der Waals surface area contributed by atoms with E-state index in [1.807, 2.05) is 33.8 Å². The van der Waals surface area contributed by atoms with Gasteiger partial charge in [-0.1, -0.05) is 109 Å². The first-order valence-electron chi connectivity index (χ1n) is 8.44. The Bertz CT molecular complexity index is 375. The van der Waals surface area contributed by atoms with Crippen molar-refractivity contribution in [3.8, 4) is 0 Å². The van der Waals surface area contributed by atoms with Crippen molar-refractivity contribution >= 4 is 0 Å². The summed E-state index contributed by atoms with van der Waals surface area (Å²) in [6.45, 7) is 12.4. The van der Waals surface area contributed by atoms with Crippen LogP contribution >= 0.6 is 0 Å². The van der Waals surface area contributed by atoms with E-state index in [1.54, 1.807) is 0 Å². The maximum atomic E-state index is 2.20. The summed E-state index contributed by atoms with van der Waals surface area (Å²) in [4.78, 5) is 0. The van der Waals surface area contributed by atoms with Gasteiger partial charge in [-0.25, -0.2) is 0 Å². The molecule has 0 N–H and O–H groups in total. The van der Waals surface area contributed by atoms with Crippen LogP contribution in [0.25, 0.3) is 0 Å². The van der Waals surface area contributed by atoms with Crippen molar-refractivity contribution in [3.05, 3.63) is 71.8 Å². The van der Waals surface area contributed by atoms with Gasteiger partial charge in [-0.2, -0.15) is 0 Å². The Kier molecular flexibility index (Phi) is 19.1. The van der Waals surface area contributed by atoms with Crippen LogP contribution in [0.1, 0.15) is 59.1 Å². The van der Waals surface area contributed by atoms with E-state index in [9.17, 15) is 0 Å². The third kappa shape index (κ3) is 13.2. The van der Waals surface area contributed by atoms with Crippen LogP contribution in [0.5, 0.6) is 0 Å². The quantitative estimate of drug-likeness (QED) is 0.573. The first-order valence-corrected chi connectivity index (χ1v) is 8.44. The molecule has 0 aromatic heterocycles. The average molecular weight is 287 g/mol. The van der Waals surface area contributed by atoms with Crippen molar-refractivity contribution < 1.29 is 0 Å². The summed E-state index contributed by atoms with van der Waals surface area (Å²) in [5.74, 6) is 0. The van der Waals surface area contributed by atoms with Crippen LogP contribution in [0.4, 0.5) is 0 Å². The second-order valence-corrected chi connectivity index (χ2v) is 4.07. The number of benzene rings is 2. The molecule has 0 aliphatic carbocycles. The van der Waals surface area contributed by atoms with E-state index in [0.717, 1.165) is 6.42 Å². The van der Waals surface area contributed by atoms with Crippen LogP contribution < -0.4 is 0 Å². The standard InChI is InChI=1S/C9H12.C8H10.2C2H6/c1-2-6-9-7-4-3-5-8-9;1-2-8-6-4-3-5-7-8;2*1-2/h3-5,7-8H,2,6H2,1H3;3-7H,2H2,1H3;2*1-2H3. The Morgan fingerprint density at radius 3 is 1.24 bits per heavy atom. The molecule has 0 aliphatic rings. The predicted octanol–water partition coefficient (Wildman–Crippen LogP) is 6.94. The molecule has 2 rings (SSSR count). The maximum absolute atomic E-state index is 2.20. The van der Waals surface area contributed by atoms with Gasteiger partial charge in [0.2, 0.25) is 0 Å². The fourth-order valence-electron chi connectivity index (χ4n) is 1.65. The minimum atomic E-state index is 1.14. The molecule has 0 saturated carbocycles. The molecule has 2 aromatic carbocycles. The van der Waals surface area contributed by atoms with Gasteiger partial charge in [-0.15, -0.1) is 0 Å². The Hall–Kier alpha value is -1.56. The lowest BCUT2D eigenvalue weighted by molar-refractivity contribution is 0.922. The summed E-state index contributed by atoms with van der Waals surface area (Å²) in [6, 6.07) is 21.0. The molecule has 0 aliphatic heterocycles. The zero-order valence-corrected chi connectivity index (χ0v) is 14.9. The molecule has 21 heavy (non-hydrogen) atoms. The molecule has 118 valence electrons. The number of aryl methyl sites for hydroxylation is 2. The normalized spacial score (nSPS) is 8.10. The smallest absolute Gasteiger partial charge is 0.0281 e. The molecule has 2 aromatic rings. The molecule has 0 amide bonds. The zero-order chi connectivity index (χ0) is 16.3. The average Bonchev–Trinajstić information content (AvgIpc) is 2.61. The van der Waals surface area contributed by atoms with Crippen LogP contribution in [-0.2, 0) is 12.8 Å². The van der Waals surface area contributed by atoms with Crippen molar-refractivity contribution in [3.63, 3.8) is 0 Å². The molecule has 0 nitrogen and oxygen atoms in total. The Morgan fingerprint density at radius 1 is 0.571 bits per heavy atom. The molecule has 0 saturated heterocycles. The van der Waals surface area contributed by atoms with Gasteiger partial charge in [0.05, 0.1) is 0 Å². The SMILES string of the molecule is CC.CC.CCCc1ccccc1.CCc1ccccc1. The van der Waals surface area contributed by atoms with Gasteiger partial charge in [-0.3, -0.25) is 0 Å². The first-order chi connectivity index (χ1) is 10.4. The summed E-state index contributed by atoms with van der Waals surface area (Å²) in [7, 11) is 0. The van der Waals surface area contributed by atoms with Gasteiger partial charge in [0.25, 0.3) is 0 Å². The van der Waals surface area contributed by atoms with E-state index < -0.39 is 0 Å². The van der Waals surface area contributed by atoms with E-state index in [0.29, 0.717) is 0 Å². The lowest BCUT2D eigenvalue weighted by Gasteiger charge is -1.93. The monoisotopic (exact) mass is 286 g/mol. The molecule has 0 heteroatoms. The van der Waals surface area contributed by atoms with E-state index in [2.05, 4.69) is 68.4 Å². The Labute approximate surface area is 133 Å². The second-order valence-electron chi connectivity index (χ2n) is 4.07. The minimum absolute atomic E-state index is 1.14. The number of hydrogen-bond donors (Lipinski definition) is 0. The lowest BCUT2D eigenvalue weighted by atomic mass is 10.1. The van der Waals surface area contributed by atoms with Gasteiger partial charge >= 0.3 is 0 Å². The van der Waals surface area contributed by atoms with E-state index >= 15 is 0 Å². The van der Waals surface area contributed by atoms with Crippen LogP contribution in [0, 0.1) is 0 Å². The van der Waals surface area contributed by atoms with E-state index in [4.69, 9.17) is 0 Å². The van der Waals surface area contributed by atoms with Gasteiger partial charge in [0.1, 0.15) is 0 Å². The molecule has 0 radical (unpaired) electrons. The highest BCUT2D eigenvalue weighted by atomic mass is 13.9. The highest BCUT2D eigenvalue weighted by Gasteiger charge is 1.84. The molecule has 0 atom stereocenters. The van der Waals surface area contributed by atoms with Crippen molar-refractivity contribution in [1.29, 1.82) is 0 Å². The molecule has 0 heterocycles. The van der Waals surface area contributed by atoms with Crippen LogP contribution in [0.3, 0.4) is 0 Å². The summed E-state index contributed by atoms with van der Waals surface area (Å²) in [5.41, 5.74) is 2.85. The zero-order valence-electron chi connectivity index (χ0n) is 14.9. The van der Waals surface area contributed by atoms with E-state index in [-0.39, 0.29) is 0 Å². The summed E-state index contributed by atoms with van der Waals surface area (Å²) in [6.07, 6.45) is 3.59. The summed E-state index contributed by atoms with van der Waals surface area (Å²) in [5, 5.41) is 0. The van der Waals surface area contributed by atoms with Crippen molar-refractivity contribution in [2.24, 2.45) is 0 Å². The maximum Gasteiger partial charge on any atom is -0.0281 e. The summed E-state index contributed by atoms with van der Waals surface area (Å²) < 4.78 is 0. The fourth-order valence-corrected chi connectivity index (χ4v) is 1.65. The number of hydrogen-bond acceptors (Lipinski definition) is 0. The Balaban J connectivity index is 0. The van der Waals surface area contributed by atoms with Gasteiger partial charge in [-0.05, 0) is 24.0 Å². The molecule has 0 fully saturated rings. The van der Waals surface area contributed by atoms with Crippen LogP contribution in [0.2, 0.25) is 0 Å². The molecule has 0 bridgehead atoms.